The summed E-state index contributed by atoms with van der Waals surface area (Å²) in [6.45, 7) is 5.06. The predicted molar refractivity (Wildman–Crippen MR) is 144 cm³/mol. The van der Waals surface area contributed by atoms with Gasteiger partial charge >= 0.3 is 6.18 Å². The van der Waals surface area contributed by atoms with Crippen molar-refractivity contribution >= 4 is 34.4 Å². The maximum atomic E-state index is 13.6. The molecule has 2 aliphatic heterocycles. The minimum absolute atomic E-state index is 0.0622. The van der Waals surface area contributed by atoms with Crippen molar-refractivity contribution in [3.8, 4) is 0 Å². The van der Waals surface area contributed by atoms with E-state index in [0.29, 0.717) is 5.56 Å². The van der Waals surface area contributed by atoms with Crippen molar-refractivity contribution in [2.45, 2.75) is 40.0 Å². The van der Waals surface area contributed by atoms with E-state index < -0.39 is 35.4 Å². The standard InChI is InChI=1S/C32H23F3N2O4/c1-16-8-17(2)10-19(9-16)14-36-28(38)22-4-6-24-27-25(7-5-23(26(22)27)29(36)39)31(41)37(30(24)40)15-20-11-18(3)12-21(13-20)32(33,34)35/h4-13H,14-15H2,1-3H3. The number of benzene rings is 4. The van der Waals surface area contributed by atoms with Crippen LogP contribution >= 0.6 is 0 Å². The number of rotatable bonds is 4. The molecular weight excluding hydrogens is 533 g/mol. The van der Waals surface area contributed by atoms with Crippen LogP contribution in [0.4, 0.5) is 13.2 Å². The zero-order valence-corrected chi connectivity index (χ0v) is 22.3. The van der Waals surface area contributed by atoms with Crippen LogP contribution in [0.15, 0.2) is 60.7 Å². The molecule has 4 amide bonds. The van der Waals surface area contributed by atoms with E-state index in [1.54, 1.807) is 0 Å². The van der Waals surface area contributed by atoms with Crippen LogP contribution in [0.25, 0.3) is 10.8 Å². The van der Waals surface area contributed by atoms with E-state index in [1.807, 2.05) is 32.0 Å². The van der Waals surface area contributed by atoms with Gasteiger partial charge in [-0.2, -0.15) is 13.2 Å². The highest BCUT2D eigenvalue weighted by atomic mass is 19.4. The average Bonchev–Trinajstić information content (AvgIpc) is 2.89. The number of imide groups is 2. The first-order valence-corrected chi connectivity index (χ1v) is 12.9. The van der Waals surface area contributed by atoms with Crippen molar-refractivity contribution in [3.63, 3.8) is 0 Å². The molecule has 0 radical (unpaired) electrons. The molecule has 4 aromatic rings. The highest BCUT2D eigenvalue weighted by Crippen LogP contribution is 2.39. The van der Waals surface area contributed by atoms with Gasteiger partial charge in [0.15, 0.2) is 0 Å². The molecule has 0 saturated heterocycles. The van der Waals surface area contributed by atoms with Gasteiger partial charge in [0.2, 0.25) is 0 Å². The molecule has 41 heavy (non-hydrogen) atoms. The van der Waals surface area contributed by atoms with Gasteiger partial charge in [0.25, 0.3) is 23.6 Å². The fourth-order valence-electron chi connectivity index (χ4n) is 5.90. The van der Waals surface area contributed by atoms with Crippen LogP contribution in [-0.4, -0.2) is 33.4 Å². The third kappa shape index (κ3) is 4.28. The summed E-state index contributed by atoms with van der Waals surface area (Å²) < 4.78 is 40.2. The molecule has 0 bridgehead atoms. The second kappa shape index (κ2) is 9.12. The first kappa shape index (κ1) is 26.4. The Kier molecular flexibility index (Phi) is 5.88. The number of nitrogens with zero attached hydrogens (tertiary/aromatic N) is 2. The fourth-order valence-corrected chi connectivity index (χ4v) is 5.90. The van der Waals surface area contributed by atoms with Gasteiger partial charge in [0.1, 0.15) is 0 Å². The minimum atomic E-state index is -4.58. The van der Waals surface area contributed by atoms with E-state index in [0.717, 1.165) is 38.6 Å². The number of amides is 4. The summed E-state index contributed by atoms with van der Waals surface area (Å²) in [5.41, 5.74) is 3.03. The van der Waals surface area contributed by atoms with Gasteiger partial charge in [-0.3, -0.25) is 29.0 Å². The van der Waals surface area contributed by atoms with Gasteiger partial charge in [-0.15, -0.1) is 0 Å². The van der Waals surface area contributed by atoms with Crippen LogP contribution in [0.3, 0.4) is 0 Å². The van der Waals surface area contributed by atoms with Gasteiger partial charge in [-0.25, -0.2) is 0 Å². The van der Waals surface area contributed by atoms with E-state index >= 15 is 0 Å². The monoisotopic (exact) mass is 556 g/mol. The second-order valence-electron chi connectivity index (χ2n) is 10.7. The topological polar surface area (TPSA) is 74.8 Å². The Balaban J connectivity index is 1.40. The lowest BCUT2D eigenvalue weighted by Crippen LogP contribution is -2.42. The van der Waals surface area contributed by atoms with E-state index in [4.69, 9.17) is 0 Å². The maximum Gasteiger partial charge on any atom is 0.416 e. The van der Waals surface area contributed by atoms with Crippen LogP contribution in [0.2, 0.25) is 0 Å². The molecule has 6 rings (SSSR count). The lowest BCUT2D eigenvalue weighted by Gasteiger charge is -2.32. The highest BCUT2D eigenvalue weighted by molar-refractivity contribution is 6.33. The number of aryl methyl sites for hydroxylation is 3. The molecular formula is C32H23F3N2O4. The summed E-state index contributed by atoms with van der Waals surface area (Å²) in [5, 5.41) is 0.446. The first-order valence-electron chi connectivity index (χ1n) is 12.9. The number of hydrogen-bond donors (Lipinski definition) is 0. The Morgan fingerprint density at radius 3 is 1.24 bits per heavy atom. The first-order chi connectivity index (χ1) is 19.3. The highest BCUT2D eigenvalue weighted by Gasteiger charge is 2.40. The number of carbonyl (C=O) groups is 4. The Morgan fingerprint density at radius 1 is 0.537 bits per heavy atom. The number of hydrogen-bond acceptors (Lipinski definition) is 4. The van der Waals surface area contributed by atoms with Gasteiger partial charge in [0, 0.05) is 33.0 Å². The minimum Gasteiger partial charge on any atom is -0.270 e. The Bertz CT molecular complexity index is 1770. The predicted octanol–water partition coefficient (Wildman–Crippen LogP) is 6.38. The Labute approximate surface area is 233 Å². The van der Waals surface area contributed by atoms with Crippen LogP contribution < -0.4 is 0 Å². The van der Waals surface area contributed by atoms with Gasteiger partial charge in [0.05, 0.1) is 18.7 Å². The van der Waals surface area contributed by atoms with Crippen LogP contribution in [0, 0.1) is 20.8 Å². The van der Waals surface area contributed by atoms with Crippen molar-refractivity contribution in [2.24, 2.45) is 0 Å². The van der Waals surface area contributed by atoms with Crippen molar-refractivity contribution in [2.75, 3.05) is 0 Å². The molecule has 4 aromatic carbocycles. The molecule has 2 aliphatic rings. The summed E-state index contributed by atoms with van der Waals surface area (Å²) in [6, 6.07) is 15.0. The van der Waals surface area contributed by atoms with Gasteiger partial charge in [-0.1, -0.05) is 41.0 Å². The maximum absolute atomic E-state index is 13.6. The third-order valence-electron chi connectivity index (χ3n) is 7.49. The van der Waals surface area contributed by atoms with Crippen molar-refractivity contribution in [1.29, 1.82) is 0 Å². The van der Waals surface area contributed by atoms with E-state index in [9.17, 15) is 32.3 Å². The lowest BCUT2D eigenvalue weighted by molar-refractivity contribution is -0.137. The quantitative estimate of drug-likeness (QED) is 0.274. The molecule has 0 aliphatic carbocycles. The molecule has 0 unspecified atom stereocenters. The Hall–Kier alpha value is -4.79. The molecule has 2 heterocycles. The average molecular weight is 557 g/mol. The van der Waals surface area contributed by atoms with E-state index in [1.165, 1.54) is 37.3 Å². The molecule has 206 valence electrons. The van der Waals surface area contributed by atoms with Gasteiger partial charge < -0.3 is 0 Å². The zero-order chi connectivity index (χ0) is 29.4. The van der Waals surface area contributed by atoms with Gasteiger partial charge in [-0.05, 0) is 68.3 Å². The summed E-state index contributed by atoms with van der Waals surface area (Å²) in [5.74, 6) is -2.49. The molecule has 0 N–H and O–H groups in total. The summed E-state index contributed by atoms with van der Waals surface area (Å²) in [4.78, 5) is 56.3. The summed E-state index contributed by atoms with van der Waals surface area (Å²) in [6.07, 6.45) is -4.58. The smallest absolute Gasteiger partial charge is 0.270 e. The molecule has 0 aromatic heterocycles. The number of carbonyl (C=O) groups excluding carboxylic acids is 4. The fraction of sp³-hybridized carbons (Fsp3) is 0.188. The molecule has 6 nitrogen and oxygen atoms in total. The zero-order valence-electron chi connectivity index (χ0n) is 22.3. The molecule has 9 heteroatoms. The van der Waals surface area contributed by atoms with Crippen LogP contribution in [0.1, 0.15) is 74.8 Å². The van der Waals surface area contributed by atoms with Crippen LogP contribution in [-0.2, 0) is 19.3 Å². The third-order valence-corrected chi connectivity index (χ3v) is 7.49. The Morgan fingerprint density at radius 2 is 0.878 bits per heavy atom. The molecule has 0 atom stereocenters. The summed E-state index contributed by atoms with van der Waals surface area (Å²) >= 11 is 0. The number of halogens is 3. The molecule has 0 saturated carbocycles. The summed E-state index contributed by atoms with van der Waals surface area (Å²) in [7, 11) is 0. The lowest BCUT2D eigenvalue weighted by atomic mass is 9.85. The van der Waals surface area contributed by atoms with Crippen molar-refractivity contribution < 1.29 is 32.3 Å². The second-order valence-corrected chi connectivity index (χ2v) is 10.7. The largest absolute Gasteiger partial charge is 0.416 e. The van der Waals surface area contributed by atoms with Crippen molar-refractivity contribution in [3.05, 3.63) is 116 Å². The van der Waals surface area contributed by atoms with E-state index in [2.05, 4.69) is 0 Å². The molecule has 0 spiro atoms. The van der Waals surface area contributed by atoms with Crippen LogP contribution in [0.5, 0.6) is 0 Å². The SMILES string of the molecule is Cc1cc(C)cc(CN2C(=O)c3ccc4c5c(ccc(c35)C2=O)C(=O)N(Cc2cc(C)cc(C(F)(F)F)c2)C4=O)c1. The van der Waals surface area contributed by atoms with Crippen molar-refractivity contribution in [1.82, 2.24) is 9.80 Å². The normalized spacial score (nSPS) is 14.9. The number of alkyl halides is 3. The van der Waals surface area contributed by atoms with E-state index in [-0.39, 0.29) is 51.7 Å². The molecule has 0 fully saturated rings.